The molecule has 0 aliphatic heterocycles. The molecule has 0 aliphatic rings. The molecule has 1 atom stereocenters. The molecule has 104 valence electrons. The van der Waals surface area contributed by atoms with Crippen LogP contribution in [0.1, 0.15) is 26.3 Å². The minimum Gasteiger partial charge on any atom is -0.464 e. The molecule has 1 rings (SSSR count). The van der Waals surface area contributed by atoms with E-state index >= 15 is 0 Å². The number of halogens is 1. The van der Waals surface area contributed by atoms with Gasteiger partial charge in [0.05, 0.1) is 6.61 Å². The number of ether oxygens (including phenoxy) is 1. The summed E-state index contributed by atoms with van der Waals surface area (Å²) >= 11 is 2.22. The average Bonchev–Trinajstić information content (AvgIpc) is 2.31. The first-order valence-corrected chi connectivity index (χ1v) is 7.15. The summed E-state index contributed by atoms with van der Waals surface area (Å²) in [6.45, 7) is 5.12. The lowest BCUT2D eigenvalue weighted by molar-refractivity contribution is -0.152. The Kier molecular flexibility index (Phi) is 5.78. The number of carbonyl (C=O) groups excluding carboxylic acids is 2. The Hall–Kier alpha value is -1.11. The van der Waals surface area contributed by atoms with Crippen LogP contribution in [-0.2, 0) is 20.7 Å². The van der Waals surface area contributed by atoms with Gasteiger partial charge in [-0.3, -0.25) is 4.79 Å². The minimum atomic E-state index is -1.03. The Bertz CT molecular complexity index is 458. The van der Waals surface area contributed by atoms with E-state index in [1.165, 1.54) is 6.92 Å². The Morgan fingerprint density at radius 1 is 1.32 bits per heavy atom. The van der Waals surface area contributed by atoms with Gasteiger partial charge in [-0.25, -0.2) is 4.79 Å². The Balaban J connectivity index is 2.93. The molecule has 0 aromatic heterocycles. The summed E-state index contributed by atoms with van der Waals surface area (Å²) in [4.78, 5) is 23.3. The molecule has 1 N–H and O–H groups in total. The quantitative estimate of drug-likeness (QED) is 0.635. The zero-order chi connectivity index (χ0) is 14.5. The van der Waals surface area contributed by atoms with Crippen LogP contribution in [0.25, 0.3) is 0 Å². The van der Waals surface area contributed by atoms with Crippen molar-refractivity contribution in [3.8, 4) is 0 Å². The van der Waals surface area contributed by atoms with E-state index < -0.39 is 11.5 Å². The predicted molar refractivity (Wildman–Crippen MR) is 81.7 cm³/mol. The highest BCUT2D eigenvalue weighted by Crippen LogP contribution is 2.17. The first-order chi connectivity index (χ1) is 8.87. The van der Waals surface area contributed by atoms with E-state index in [2.05, 4.69) is 27.9 Å². The standard InChI is InChI=1S/C14H18INO3/c1-4-19-13(18)14(3,16-10(2)17)9-11-5-7-12(15)8-6-11/h5-8H,4,9H2,1-3H3,(H,16,17)/t14-/m0/s1. The van der Waals surface area contributed by atoms with Gasteiger partial charge in [-0.1, -0.05) is 12.1 Å². The van der Waals surface area contributed by atoms with Crippen molar-refractivity contribution >= 4 is 34.5 Å². The maximum atomic E-state index is 12.0. The van der Waals surface area contributed by atoms with Crippen LogP contribution in [-0.4, -0.2) is 24.0 Å². The van der Waals surface area contributed by atoms with Crippen LogP contribution in [0.5, 0.6) is 0 Å². The normalized spacial score (nSPS) is 13.5. The maximum Gasteiger partial charge on any atom is 0.331 e. The second-order valence-corrected chi connectivity index (χ2v) is 5.78. The number of carbonyl (C=O) groups is 2. The van der Waals surface area contributed by atoms with Gasteiger partial charge in [-0.2, -0.15) is 0 Å². The summed E-state index contributed by atoms with van der Waals surface area (Å²) in [6, 6.07) is 7.83. The van der Waals surface area contributed by atoms with E-state index in [0.29, 0.717) is 13.0 Å². The van der Waals surface area contributed by atoms with Crippen LogP contribution in [0.15, 0.2) is 24.3 Å². The fourth-order valence-corrected chi connectivity index (χ4v) is 2.22. The van der Waals surface area contributed by atoms with Gasteiger partial charge in [0.25, 0.3) is 0 Å². The monoisotopic (exact) mass is 375 g/mol. The number of esters is 1. The minimum absolute atomic E-state index is 0.249. The molecular weight excluding hydrogens is 357 g/mol. The summed E-state index contributed by atoms with van der Waals surface area (Å²) in [6.07, 6.45) is 0.405. The molecule has 0 aliphatic carbocycles. The molecule has 1 amide bonds. The fourth-order valence-electron chi connectivity index (χ4n) is 1.86. The summed E-state index contributed by atoms with van der Waals surface area (Å²) in [5.74, 6) is -0.662. The molecule has 19 heavy (non-hydrogen) atoms. The molecular formula is C14H18INO3. The number of amides is 1. The van der Waals surface area contributed by atoms with Crippen LogP contribution >= 0.6 is 22.6 Å². The van der Waals surface area contributed by atoms with Gasteiger partial charge in [-0.05, 0) is 54.1 Å². The molecule has 0 bridgehead atoms. The van der Waals surface area contributed by atoms with Crippen molar-refractivity contribution in [1.29, 1.82) is 0 Å². The largest absolute Gasteiger partial charge is 0.464 e. The van der Waals surface area contributed by atoms with Gasteiger partial charge in [0.2, 0.25) is 5.91 Å². The molecule has 0 heterocycles. The molecule has 1 aromatic rings. The summed E-state index contributed by atoms with van der Waals surface area (Å²) in [5, 5.41) is 2.69. The van der Waals surface area contributed by atoms with E-state index in [0.717, 1.165) is 9.13 Å². The molecule has 0 spiro atoms. The lowest BCUT2D eigenvalue weighted by Crippen LogP contribution is -2.54. The summed E-state index contributed by atoms with van der Waals surface area (Å²) in [5.41, 5.74) is -0.0565. The first kappa shape index (κ1) is 15.9. The van der Waals surface area contributed by atoms with Crippen molar-refractivity contribution in [1.82, 2.24) is 5.32 Å². The molecule has 0 unspecified atom stereocenters. The highest BCUT2D eigenvalue weighted by molar-refractivity contribution is 14.1. The summed E-state index contributed by atoms with van der Waals surface area (Å²) < 4.78 is 6.17. The molecule has 4 nitrogen and oxygen atoms in total. The Labute approximate surface area is 127 Å². The third kappa shape index (κ3) is 4.81. The average molecular weight is 375 g/mol. The number of benzene rings is 1. The van der Waals surface area contributed by atoms with E-state index in [9.17, 15) is 9.59 Å². The number of hydrogen-bond acceptors (Lipinski definition) is 3. The van der Waals surface area contributed by atoms with Crippen molar-refractivity contribution in [3.05, 3.63) is 33.4 Å². The highest BCUT2D eigenvalue weighted by atomic mass is 127. The van der Waals surface area contributed by atoms with Crippen molar-refractivity contribution in [2.45, 2.75) is 32.7 Å². The zero-order valence-electron chi connectivity index (χ0n) is 11.3. The zero-order valence-corrected chi connectivity index (χ0v) is 13.5. The predicted octanol–water partition coefficient (Wildman–Crippen LogP) is 2.29. The van der Waals surface area contributed by atoms with E-state index in [-0.39, 0.29) is 5.91 Å². The smallest absolute Gasteiger partial charge is 0.331 e. The molecule has 0 fully saturated rings. The van der Waals surface area contributed by atoms with Crippen LogP contribution < -0.4 is 5.32 Å². The number of rotatable bonds is 5. The topological polar surface area (TPSA) is 55.4 Å². The Morgan fingerprint density at radius 2 is 1.89 bits per heavy atom. The maximum absolute atomic E-state index is 12.0. The third-order valence-corrected chi connectivity index (χ3v) is 3.37. The van der Waals surface area contributed by atoms with E-state index in [1.807, 2.05) is 24.3 Å². The first-order valence-electron chi connectivity index (χ1n) is 6.08. The van der Waals surface area contributed by atoms with Crippen LogP contribution in [0.3, 0.4) is 0 Å². The summed E-state index contributed by atoms with van der Waals surface area (Å²) in [7, 11) is 0. The Morgan fingerprint density at radius 3 is 2.37 bits per heavy atom. The molecule has 0 saturated heterocycles. The van der Waals surface area contributed by atoms with Crippen molar-refractivity contribution in [3.63, 3.8) is 0 Å². The van der Waals surface area contributed by atoms with Gasteiger partial charge in [0.15, 0.2) is 0 Å². The molecule has 0 saturated carbocycles. The van der Waals surface area contributed by atoms with Crippen LogP contribution in [0.4, 0.5) is 0 Å². The van der Waals surface area contributed by atoms with Gasteiger partial charge in [-0.15, -0.1) is 0 Å². The van der Waals surface area contributed by atoms with Crippen molar-refractivity contribution in [2.75, 3.05) is 6.61 Å². The van der Waals surface area contributed by atoms with Gasteiger partial charge >= 0.3 is 5.97 Å². The van der Waals surface area contributed by atoms with E-state index in [4.69, 9.17) is 4.74 Å². The van der Waals surface area contributed by atoms with E-state index in [1.54, 1.807) is 13.8 Å². The lowest BCUT2D eigenvalue weighted by Gasteiger charge is -2.28. The second-order valence-electron chi connectivity index (χ2n) is 4.54. The molecule has 1 aromatic carbocycles. The van der Waals surface area contributed by atoms with Crippen LogP contribution in [0.2, 0.25) is 0 Å². The SMILES string of the molecule is CCOC(=O)[C@](C)(Cc1ccc(I)cc1)NC(C)=O. The third-order valence-electron chi connectivity index (χ3n) is 2.65. The molecule has 5 heteroatoms. The van der Waals surface area contributed by atoms with Crippen molar-refractivity contribution in [2.24, 2.45) is 0 Å². The highest BCUT2D eigenvalue weighted by Gasteiger charge is 2.35. The number of nitrogens with one attached hydrogen (secondary N) is 1. The van der Waals surface area contributed by atoms with Crippen molar-refractivity contribution < 1.29 is 14.3 Å². The van der Waals surface area contributed by atoms with Gasteiger partial charge < -0.3 is 10.1 Å². The lowest BCUT2D eigenvalue weighted by atomic mass is 9.92. The fraction of sp³-hybridized carbons (Fsp3) is 0.429. The molecule has 0 radical (unpaired) electrons. The second kappa shape index (κ2) is 6.88. The van der Waals surface area contributed by atoms with Gasteiger partial charge in [0.1, 0.15) is 5.54 Å². The van der Waals surface area contributed by atoms with Gasteiger partial charge in [0, 0.05) is 16.9 Å². The number of hydrogen-bond donors (Lipinski definition) is 1. The van der Waals surface area contributed by atoms with Crippen LogP contribution in [0, 0.1) is 3.57 Å².